The van der Waals surface area contributed by atoms with Gasteiger partial charge < -0.3 is 18.3 Å². The van der Waals surface area contributed by atoms with Crippen molar-refractivity contribution >= 4 is 87.2 Å². The lowest BCUT2D eigenvalue weighted by molar-refractivity contribution is 0.630. The fourth-order valence-corrected chi connectivity index (χ4v) is 13.4. The minimum Gasteiger partial charge on any atom is -0.309 e. The molecule has 0 atom stereocenters. The molecule has 0 aliphatic rings. The van der Waals surface area contributed by atoms with Crippen molar-refractivity contribution in [3.05, 3.63) is 253 Å². The molecule has 15 rings (SSSR count). The lowest BCUT2D eigenvalue weighted by Crippen LogP contribution is -2.16. The zero-order valence-electron chi connectivity index (χ0n) is 43.6. The van der Waals surface area contributed by atoms with Crippen LogP contribution in [0.3, 0.4) is 0 Å². The van der Waals surface area contributed by atoms with Gasteiger partial charge in [-0.1, -0.05) is 185 Å². The second-order valence-corrected chi connectivity index (χ2v) is 21.3. The van der Waals surface area contributed by atoms with Crippen LogP contribution in [-0.2, 0) is 0 Å². The van der Waals surface area contributed by atoms with E-state index >= 15 is 8.78 Å². The summed E-state index contributed by atoms with van der Waals surface area (Å²) in [5.74, 6) is -1.15. The van der Waals surface area contributed by atoms with E-state index in [1.54, 1.807) is 24.3 Å². The van der Waals surface area contributed by atoms with Crippen LogP contribution in [-0.4, -0.2) is 18.3 Å². The molecule has 0 unspecified atom stereocenters. The first-order valence-electron chi connectivity index (χ1n) is 27.1. The van der Waals surface area contributed by atoms with Crippen molar-refractivity contribution in [3.8, 4) is 45.0 Å². The number of rotatable bonds is 8. The SMILES string of the molecule is CC(C)c1c(-c2ccccc2F)c(-n2c3ccccc3c3ccc4c(c5ccccc5n4-c4ccccc4)c32)c(C(C)C)c(-n2c3ccccc3c3ccc4c(c5ccccc5n4-c4ccccc4)c32)c1-c1ccccc1F. The van der Waals surface area contributed by atoms with Crippen molar-refractivity contribution in [1.82, 2.24) is 18.3 Å². The average Bonchev–Trinajstić information content (AvgIpc) is 4.21. The summed E-state index contributed by atoms with van der Waals surface area (Å²) >= 11 is 0. The van der Waals surface area contributed by atoms with E-state index in [1.807, 2.05) is 24.3 Å². The molecule has 6 heteroatoms. The van der Waals surface area contributed by atoms with Crippen molar-refractivity contribution in [2.24, 2.45) is 0 Å². The highest BCUT2D eigenvalue weighted by molar-refractivity contribution is 6.28. The second-order valence-electron chi connectivity index (χ2n) is 21.3. The predicted molar refractivity (Wildman–Crippen MR) is 323 cm³/mol. The van der Waals surface area contributed by atoms with E-state index in [-0.39, 0.29) is 23.5 Å². The molecule has 0 aliphatic carbocycles. The van der Waals surface area contributed by atoms with Gasteiger partial charge in [-0.05, 0) is 90.2 Å². The third-order valence-corrected chi connectivity index (χ3v) is 16.4. The maximum absolute atomic E-state index is 17.7. The summed E-state index contributed by atoms with van der Waals surface area (Å²) in [6.07, 6.45) is 0. The van der Waals surface area contributed by atoms with Gasteiger partial charge >= 0.3 is 0 Å². The van der Waals surface area contributed by atoms with Crippen LogP contribution in [0, 0.1) is 11.6 Å². The van der Waals surface area contributed by atoms with Crippen LogP contribution in [0.2, 0.25) is 0 Å². The molecule has 4 aromatic heterocycles. The number of halogens is 2. The highest BCUT2D eigenvalue weighted by Crippen LogP contribution is 2.55. The maximum Gasteiger partial charge on any atom is 0.131 e. The van der Waals surface area contributed by atoms with Gasteiger partial charge in [0.15, 0.2) is 0 Å². The van der Waals surface area contributed by atoms with Crippen molar-refractivity contribution < 1.29 is 8.78 Å². The van der Waals surface area contributed by atoms with E-state index in [2.05, 4.69) is 228 Å². The van der Waals surface area contributed by atoms with Gasteiger partial charge in [-0.25, -0.2) is 8.78 Å². The third-order valence-electron chi connectivity index (χ3n) is 16.4. The molecule has 78 heavy (non-hydrogen) atoms. The number of para-hydroxylation sites is 6. The van der Waals surface area contributed by atoms with Gasteiger partial charge in [0.2, 0.25) is 0 Å². The molecule has 0 saturated heterocycles. The Morgan fingerprint density at radius 1 is 0.282 bits per heavy atom. The Labute approximate surface area is 449 Å². The molecule has 0 N–H and O–H groups in total. The van der Waals surface area contributed by atoms with E-state index in [0.29, 0.717) is 11.1 Å². The van der Waals surface area contributed by atoms with Crippen LogP contribution in [0.4, 0.5) is 8.78 Å². The second kappa shape index (κ2) is 17.5. The monoisotopic (exact) mass is 1010 g/mol. The van der Waals surface area contributed by atoms with Gasteiger partial charge in [0.05, 0.1) is 55.5 Å². The molecular weight excluding hydrogens is 959 g/mol. The number of nitrogens with zero attached hydrogens (tertiary/aromatic N) is 4. The largest absolute Gasteiger partial charge is 0.309 e. The normalized spacial score (nSPS) is 12.2. The molecule has 0 aliphatic heterocycles. The summed E-state index contributed by atoms with van der Waals surface area (Å²) in [7, 11) is 0. The Morgan fingerprint density at radius 2 is 0.615 bits per heavy atom. The van der Waals surface area contributed by atoms with Crippen molar-refractivity contribution in [2.75, 3.05) is 0 Å². The van der Waals surface area contributed by atoms with Crippen LogP contribution in [0.5, 0.6) is 0 Å². The molecule has 0 radical (unpaired) electrons. The van der Waals surface area contributed by atoms with Gasteiger partial charge in [0.1, 0.15) is 11.6 Å². The number of fused-ring (bicyclic) bond motifs is 14. The molecule has 15 aromatic rings. The summed E-state index contributed by atoms with van der Waals surface area (Å²) in [4.78, 5) is 0. The highest BCUT2D eigenvalue weighted by Gasteiger charge is 2.36. The average molecular weight is 1010 g/mol. The third kappa shape index (κ3) is 6.43. The van der Waals surface area contributed by atoms with E-state index in [4.69, 9.17) is 0 Å². The number of hydrogen-bond acceptors (Lipinski definition) is 0. The molecule has 374 valence electrons. The van der Waals surface area contributed by atoms with Gasteiger partial charge in [-0.3, -0.25) is 0 Å². The van der Waals surface area contributed by atoms with Crippen molar-refractivity contribution in [3.63, 3.8) is 0 Å². The van der Waals surface area contributed by atoms with Crippen molar-refractivity contribution in [1.29, 1.82) is 0 Å². The maximum atomic E-state index is 17.7. The Bertz CT molecular complexity index is 4630. The van der Waals surface area contributed by atoms with Crippen molar-refractivity contribution in [2.45, 2.75) is 39.5 Å². The predicted octanol–water partition coefficient (Wildman–Crippen LogP) is 19.9. The molecule has 0 spiro atoms. The summed E-state index contributed by atoms with van der Waals surface area (Å²) in [6.45, 7) is 8.87. The van der Waals surface area contributed by atoms with Gasteiger partial charge in [-0.2, -0.15) is 0 Å². The zero-order valence-corrected chi connectivity index (χ0v) is 43.6. The first-order valence-corrected chi connectivity index (χ1v) is 27.1. The topological polar surface area (TPSA) is 19.7 Å². The minimum absolute atomic E-state index is 0.214. The Hall–Kier alpha value is -9.52. The van der Waals surface area contributed by atoms with Gasteiger partial charge in [0.25, 0.3) is 0 Å². The summed E-state index contributed by atoms with van der Waals surface area (Å²) in [5.41, 5.74) is 16.4. The molecular formula is C72H52F2N4. The lowest BCUT2D eigenvalue weighted by Gasteiger charge is -2.32. The Balaban J connectivity index is 1.25. The standard InChI is InChI=1S/C72H52F2N4/c1-43(2)63-67(51-29-11-17-33-55(51)73)71(77-57-35-19-13-27-47(57)49-39-41-61-65(69(49)77)53-31-15-21-37-59(53)75(61)45-23-7-5-8-24-45)64(44(3)4)72(68(63)52-30-12-18-34-56(52)74)78-58-36-20-14-28-48(58)50-40-42-62-66(70(50)78)54-32-16-22-38-60(54)76(62)46-25-9-6-10-26-46/h5-44H,1-4H3. The van der Waals surface area contributed by atoms with Gasteiger partial charge in [0, 0.05) is 82.3 Å². The van der Waals surface area contributed by atoms with Crippen LogP contribution >= 0.6 is 0 Å². The molecule has 0 bridgehead atoms. The molecule has 11 aromatic carbocycles. The van der Waals surface area contributed by atoms with E-state index < -0.39 is 0 Å². The Morgan fingerprint density at radius 3 is 1.00 bits per heavy atom. The first-order chi connectivity index (χ1) is 38.3. The number of hydrogen-bond donors (Lipinski definition) is 0. The molecule has 0 fully saturated rings. The quantitative estimate of drug-likeness (QED) is 0.145. The molecule has 0 amide bonds. The summed E-state index contributed by atoms with van der Waals surface area (Å²) < 4.78 is 45.1. The smallest absolute Gasteiger partial charge is 0.131 e. The molecule has 0 saturated carbocycles. The molecule has 4 nitrogen and oxygen atoms in total. The lowest BCUT2D eigenvalue weighted by atomic mass is 9.78. The highest BCUT2D eigenvalue weighted by atomic mass is 19.1. The van der Waals surface area contributed by atoms with E-state index in [1.165, 1.54) is 0 Å². The summed E-state index contributed by atoms with van der Waals surface area (Å²) in [6, 6.07) is 79.3. The van der Waals surface area contributed by atoms with Crippen LogP contribution in [0.25, 0.3) is 132 Å². The van der Waals surface area contributed by atoms with Crippen LogP contribution in [0.15, 0.2) is 231 Å². The molecule has 4 heterocycles. The first kappa shape index (κ1) is 45.8. The number of benzene rings is 11. The fourth-order valence-electron chi connectivity index (χ4n) is 13.4. The minimum atomic E-state index is -0.346. The fraction of sp³-hybridized carbons (Fsp3) is 0.0833. The van der Waals surface area contributed by atoms with Gasteiger partial charge in [-0.15, -0.1) is 0 Å². The van der Waals surface area contributed by atoms with Crippen LogP contribution in [0.1, 0.15) is 50.7 Å². The summed E-state index contributed by atoms with van der Waals surface area (Å²) in [5, 5.41) is 8.73. The van der Waals surface area contributed by atoms with E-state index in [9.17, 15) is 0 Å². The Kier molecular flexibility index (Phi) is 10.3. The zero-order chi connectivity index (χ0) is 52.5. The van der Waals surface area contributed by atoms with Crippen LogP contribution < -0.4 is 0 Å². The number of aromatic nitrogens is 4. The van der Waals surface area contributed by atoms with E-state index in [0.717, 1.165) is 132 Å².